The van der Waals surface area contributed by atoms with Crippen molar-refractivity contribution in [3.05, 3.63) is 54.0 Å². The second-order valence-electron chi connectivity index (χ2n) is 7.28. The summed E-state index contributed by atoms with van der Waals surface area (Å²) in [6.45, 7) is 0. The Hall–Kier alpha value is -3.16. The molecule has 0 spiro atoms. The molecule has 4 rings (SSSR count). The molecule has 0 aliphatic heterocycles. The molecule has 0 radical (unpaired) electrons. The molecule has 0 bridgehead atoms. The van der Waals surface area contributed by atoms with E-state index >= 15 is 0 Å². The van der Waals surface area contributed by atoms with Crippen molar-refractivity contribution in [1.82, 2.24) is 14.8 Å². The molecule has 6 nitrogen and oxygen atoms in total. The summed E-state index contributed by atoms with van der Waals surface area (Å²) < 4.78 is 29.0. The van der Waals surface area contributed by atoms with Gasteiger partial charge in [0.2, 0.25) is 0 Å². The number of carbonyl (C=O) groups is 2. The number of amides is 1. The van der Waals surface area contributed by atoms with Gasteiger partial charge in [-0.15, -0.1) is 0 Å². The summed E-state index contributed by atoms with van der Waals surface area (Å²) in [5.74, 6) is -0.457. The third-order valence-electron chi connectivity index (χ3n) is 5.38. The molecular weight excluding hydrogens is 378 g/mol. The van der Waals surface area contributed by atoms with Gasteiger partial charge in [-0.05, 0) is 49.9 Å². The summed E-state index contributed by atoms with van der Waals surface area (Å²) >= 11 is 0. The zero-order valence-electron chi connectivity index (χ0n) is 15.6. The van der Waals surface area contributed by atoms with E-state index in [-0.39, 0.29) is 28.9 Å². The van der Waals surface area contributed by atoms with Crippen LogP contribution in [-0.4, -0.2) is 27.0 Å². The van der Waals surface area contributed by atoms with Crippen LogP contribution in [0.2, 0.25) is 0 Å². The van der Waals surface area contributed by atoms with Crippen LogP contribution in [0.15, 0.2) is 42.7 Å². The Morgan fingerprint density at radius 3 is 2.66 bits per heavy atom. The molecule has 1 N–H and O–H groups in total. The first-order valence-electron chi connectivity index (χ1n) is 9.54. The predicted octanol–water partition coefficient (Wildman–Crippen LogP) is 4.55. The maximum absolute atomic E-state index is 13.6. The lowest BCUT2D eigenvalue weighted by molar-refractivity contribution is -0.112. The van der Waals surface area contributed by atoms with Crippen LogP contribution in [0.1, 0.15) is 54.2 Å². The molecule has 8 heteroatoms. The summed E-state index contributed by atoms with van der Waals surface area (Å²) in [6.07, 6.45) is 4.77. The Balaban J connectivity index is 1.63. The highest BCUT2D eigenvalue weighted by molar-refractivity contribution is 6.04. The van der Waals surface area contributed by atoms with E-state index in [2.05, 4.69) is 15.4 Å². The number of hydrogen-bond acceptors (Lipinski definition) is 4. The summed E-state index contributed by atoms with van der Waals surface area (Å²) in [7, 11) is 0. The number of alkyl halides is 2. The van der Waals surface area contributed by atoms with Gasteiger partial charge < -0.3 is 10.1 Å². The minimum Gasteiger partial charge on any atom is -0.320 e. The van der Waals surface area contributed by atoms with E-state index in [1.807, 2.05) is 6.20 Å². The number of hydrogen-bond donors (Lipinski definition) is 1. The topological polar surface area (TPSA) is 76.9 Å². The van der Waals surface area contributed by atoms with E-state index in [4.69, 9.17) is 0 Å². The number of aromatic nitrogens is 3. The summed E-state index contributed by atoms with van der Waals surface area (Å²) in [5, 5.41) is 7.69. The number of anilines is 1. The Morgan fingerprint density at radius 2 is 2.00 bits per heavy atom. The molecule has 1 aliphatic carbocycles. The number of pyridine rings is 1. The number of nitrogens with zero attached hydrogens (tertiary/aromatic N) is 3. The number of fused-ring (bicyclic) bond motifs is 1. The number of aldehydes is 1. The first-order chi connectivity index (χ1) is 14.0. The maximum Gasteiger partial charge on any atom is 0.274 e. The van der Waals surface area contributed by atoms with Crippen molar-refractivity contribution in [2.24, 2.45) is 5.92 Å². The monoisotopic (exact) mass is 398 g/mol. The molecule has 0 unspecified atom stereocenters. The second-order valence-corrected chi connectivity index (χ2v) is 7.28. The van der Waals surface area contributed by atoms with Crippen molar-refractivity contribution in [3.63, 3.8) is 0 Å². The van der Waals surface area contributed by atoms with Crippen LogP contribution in [0.3, 0.4) is 0 Å². The number of benzene rings is 1. The Kier molecular flexibility index (Phi) is 5.33. The van der Waals surface area contributed by atoms with Gasteiger partial charge in [0.1, 0.15) is 12.0 Å². The molecule has 2 heterocycles. The zero-order valence-corrected chi connectivity index (χ0v) is 15.6. The van der Waals surface area contributed by atoms with E-state index in [1.54, 1.807) is 16.8 Å². The molecular formula is C21H20F2N4O2. The molecule has 1 fully saturated rings. The second kappa shape index (κ2) is 8.06. The van der Waals surface area contributed by atoms with Crippen LogP contribution in [0, 0.1) is 5.92 Å². The highest BCUT2D eigenvalue weighted by Crippen LogP contribution is 2.35. The molecule has 150 valence electrons. The van der Waals surface area contributed by atoms with Crippen molar-refractivity contribution in [3.8, 4) is 0 Å². The van der Waals surface area contributed by atoms with Gasteiger partial charge in [-0.1, -0.05) is 6.07 Å². The van der Waals surface area contributed by atoms with Gasteiger partial charge in [0.25, 0.3) is 12.3 Å². The summed E-state index contributed by atoms with van der Waals surface area (Å²) in [5.41, 5.74) is 0.369. The van der Waals surface area contributed by atoms with Crippen LogP contribution in [-0.2, 0) is 4.79 Å². The van der Waals surface area contributed by atoms with Crippen molar-refractivity contribution >= 4 is 28.8 Å². The molecule has 1 aliphatic rings. The minimum absolute atomic E-state index is 0.0485. The zero-order chi connectivity index (χ0) is 20.4. The molecule has 2 aromatic heterocycles. The molecule has 0 saturated heterocycles. The highest BCUT2D eigenvalue weighted by Gasteiger charge is 2.24. The average Bonchev–Trinajstić information content (AvgIpc) is 3.16. The van der Waals surface area contributed by atoms with Gasteiger partial charge in [0, 0.05) is 29.3 Å². The van der Waals surface area contributed by atoms with Crippen molar-refractivity contribution in [2.75, 3.05) is 5.32 Å². The average molecular weight is 398 g/mol. The van der Waals surface area contributed by atoms with E-state index < -0.39 is 12.3 Å². The lowest BCUT2D eigenvalue weighted by Crippen LogP contribution is -2.19. The van der Waals surface area contributed by atoms with Gasteiger partial charge in [0.05, 0.1) is 17.2 Å². The van der Waals surface area contributed by atoms with Gasteiger partial charge >= 0.3 is 0 Å². The van der Waals surface area contributed by atoms with Gasteiger partial charge in [-0.3, -0.25) is 14.5 Å². The van der Waals surface area contributed by atoms with Crippen molar-refractivity contribution in [2.45, 2.75) is 38.2 Å². The normalized spacial score (nSPS) is 19.4. The van der Waals surface area contributed by atoms with E-state index in [1.165, 1.54) is 24.4 Å². The fraction of sp³-hybridized carbons (Fsp3) is 0.333. The number of carbonyl (C=O) groups excluding carboxylic acids is 2. The first-order valence-corrected chi connectivity index (χ1v) is 9.54. The van der Waals surface area contributed by atoms with Gasteiger partial charge in [0.15, 0.2) is 0 Å². The van der Waals surface area contributed by atoms with E-state index in [0.29, 0.717) is 10.9 Å². The van der Waals surface area contributed by atoms with Crippen molar-refractivity contribution in [1.29, 1.82) is 0 Å². The standard InChI is InChI=1S/C21H20F2N4O2/c22-20(23)16-10-18-14(9-19(16)25-21(29)17-3-1-2-8-24-17)11-27(26-18)15-6-4-13(12-28)5-7-15/h1-3,8-13,15,20H,4-7H2,(H,25,29)/t13-,15-. The number of halogens is 2. The maximum atomic E-state index is 13.6. The largest absolute Gasteiger partial charge is 0.320 e. The fourth-order valence-electron chi connectivity index (χ4n) is 3.77. The van der Waals surface area contributed by atoms with E-state index in [0.717, 1.165) is 32.0 Å². The molecule has 0 atom stereocenters. The highest BCUT2D eigenvalue weighted by atomic mass is 19.3. The van der Waals surface area contributed by atoms with Gasteiger partial charge in [-0.2, -0.15) is 5.10 Å². The molecule has 1 saturated carbocycles. The van der Waals surface area contributed by atoms with E-state index in [9.17, 15) is 18.4 Å². The Bertz CT molecular complexity index is 1030. The van der Waals surface area contributed by atoms with Crippen molar-refractivity contribution < 1.29 is 18.4 Å². The van der Waals surface area contributed by atoms with Crippen LogP contribution < -0.4 is 5.32 Å². The molecule has 1 aromatic carbocycles. The Labute approximate surface area is 165 Å². The lowest BCUT2D eigenvalue weighted by atomic mass is 9.87. The minimum atomic E-state index is -2.76. The van der Waals surface area contributed by atoms with Crippen LogP contribution in [0.5, 0.6) is 0 Å². The summed E-state index contributed by atoms with van der Waals surface area (Å²) in [6, 6.07) is 7.83. The molecule has 3 aromatic rings. The predicted molar refractivity (Wildman–Crippen MR) is 104 cm³/mol. The van der Waals surface area contributed by atoms with Gasteiger partial charge in [-0.25, -0.2) is 8.78 Å². The van der Waals surface area contributed by atoms with Crippen LogP contribution in [0.25, 0.3) is 10.9 Å². The Morgan fingerprint density at radius 1 is 1.21 bits per heavy atom. The van der Waals surface area contributed by atoms with Crippen LogP contribution >= 0.6 is 0 Å². The molecule has 29 heavy (non-hydrogen) atoms. The quantitative estimate of drug-likeness (QED) is 0.640. The third kappa shape index (κ3) is 4.01. The number of rotatable bonds is 5. The summed E-state index contributed by atoms with van der Waals surface area (Å²) in [4.78, 5) is 27.3. The first kappa shape index (κ1) is 19.2. The lowest BCUT2D eigenvalue weighted by Gasteiger charge is -2.25. The van der Waals surface area contributed by atoms with Crippen LogP contribution in [0.4, 0.5) is 14.5 Å². The number of nitrogens with one attached hydrogen (secondary N) is 1. The fourth-order valence-corrected chi connectivity index (χ4v) is 3.77. The third-order valence-corrected chi connectivity index (χ3v) is 5.38. The SMILES string of the molecule is O=C[C@H]1CC[C@H](n2cc3cc(NC(=O)c4ccccn4)c(C(F)F)cc3n2)CC1. The smallest absolute Gasteiger partial charge is 0.274 e. The molecule has 1 amide bonds.